The van der Waals surface area contributed by atoms with Crippen LogP contribution in [0.5, 0.6) is 0 Å². The number of alkyl halides is 3. The Labute approximate surface area is 134 Å². The molecule has 2 fully saturated rings. The third kappa shape index (κ3) is 3.40. The van der Waals surface area contributed by atoms with Gasteiger partial charge in [0.2, 0.25) is 0 Å². The van der Waals surface area contributed by atoms with Crippen molar-refractivity contribution in [1.29, 1.82) is 0 Å². The second kappa shape index (κ2) is 6.09. The van der Waals surface area contributed by atoms with Crippen LogP contribution in [0.4, 0.5) is 13.2 Å². The van der Waals surface area contributed by atoms with E-state index < -0.39 is 11.8 Å². The zero-order chi connectivity index (χ0) is 16.7. The molecule has 1 atom stereocenters. The zero-order valence-electron chi connectivity index (χ0n) is 13.4. The van der Waals surface area contributed by atoms with E-state index in [0.29, 0.717) is 12.5 Å². The Morgan fingerprint density at radius 1 is 1.30 bits per heavy atom. The maximum Gasteiger partial charge on any atom is 0.418 e. The van der Waals surface area contributed by atoms with Gasteiger partial charge in [-0.05, 0) is 19.3 Å². The fraction of sp³-hybridized carbons (Fsp3) is 0.812. The molecular weight excluding hydrogens is 307 g/mol. The Kier molecular flexibility index (Phi) is 4.44. The highest BCUT2D eigenvalue weighted by Crippen LogP contribution is 2.39. The summed E-state index contributed by atoms with van der Waals surface area (Å²) < 4.78 is 40.6. The second-order valence-electron chi connectivity index (χ2n) is 7.04. The van der Waals surface area contributed by atoms with Crippen LogP contribution in [0.1, 0.15) is 55.7 Å². The van der Waals surface area contributed by atoms with Gasteiger partial charge in [0.1, 0.15) is 0 Å². The molecule has 3 rings (SSSR count). The highest BCUT2D eigenvalue weighted by molar-refractivity contribution is 5.22. The minimum atomic E-state index is -4.57. The summed E-state index contributed by atoms with van der Waals surface area (Å²) in [6, 6.07) is 0. The van der Waals surface area contributed by atoms with E-state index in [4.69, 9.17) is 0 Å². The van der Waals surface area contributed by atoms with Gasteiger partial charge in [0, 0.05) is 44.4 Å². The Morgan fingerprint density at radius 2 is 2.00 bits per heavy atom. The molecule has 4 nitrogen and oxygen atoms in total. The molecular formula is C16H24F3N3O. The summed E-state index contributed by atoms with van der Waals surface area (Å²) in [7, 11) is 1.85. The molecule has 1 aliphatic carbocycles. The van der Waals surface area contributed by atoms with Gasteiger partial charge >= 0.3 is 6.18 Å². The van der Waals surface area contributed by atoms with Gasteiger partial charge in [-0.15, -0.1) is 0 Å². The lowest BCUT2D eigenvalue weighted by atomic mass is 9.85. The largest absolute Gasteiger partial charge is 0.418 e. The number of aryl methyl sites for hydroxylation is 1. The summed E-state index contributed by atoms with van der Waals surface area (Å²) in [5.41, 5.74) is -0.527. The number of nitrogens with zero attached hydrogens (tertiary/aromatic N) is 3. The van der Waals surface area contributed by atoms with E-state index in [1.807, 2.05) is 13.2 Å². The first-order chi connectivity index (χ1) is 10.8. The first-order valence-corrected chi connectivity index (χ1v) is 8.32. The summed E-state index contributed by atoms with van der Waals surface area (Å²) in [6.45, 7) is 0.336. The van der Waals surface area contributed by atoms with E-state index in [9.17, 15) is 18.3 Å². The Balaban J connectivity index is 1.71. The average molecular weight is 331 g/mol. The maximum absolute atomic E-state index is 12.9. The van der Waals surface area contributed by atoms with Crippen molar-refractivity contribution in [2.24, 2.45) is 7.05 Å². The normalized spacial score (nSPS) is 27.7. The van der Waals surface area contributed by atoms with E-state index in [-0.39, 0.29) is 19.5 Å². The van der Waals surface area contributed by atoms with Crippen LogP contribution in [-0.2, 0) is 13.6 Å². The molecule has 0 amide bonds. The summed E-state index contributed by atoms with van der Waals surface area (Å²) in [5.74, 6) is 0.420. The van der Waals surface area contributed by atoms with Crippen molar-refractivity contribution in [2.75, 3.05) is 13.1 Å². The van der Waals surface area contributed by atoms with Gasteiger partial charge in [-0.3, -0.25) is 9.58 Å². The van der Waals surface area contributed by atoms with E-state index in [1.54, 1.807) is 9.58 Å². The molecule has 0 unspecified atom stereocenters. The van der Waals surface area contributed by atoms with Crippen LogP contribution in [0, 0.1) is 0 Å². The molecule has 0 bridgehead atoms. The number of hydrogen-bond donors (Lipinski definition) is 1. The molecule has 1 N–H and O–H groups in total. The Morgan fingerprint density at radius 3 is 2.61 bits per heavy atom. The molecule has 1 aromatic heterocycles. The van der Waals surface area contributed by atoms with E-state index in [0.717, 1.165) is 24.1 Å². The molecule has 7 heteroatoms. The van der Waals surface area contributed by atoms with Crippen molar-refractivity contribution in [3.05, 3.63) is 17.5 Å². The Hall–Kier alpha value is -1.08. The zero-order valence-corrected chi connectivity index (χ0v) is 13.4. The smallest absolute Gasteiger partial charge is 0.379 e. The Bertz CT molecular complexity index is 551. The molecule has 1 aromatic rings. The van der Waals surface area contributed by atoms with Gasteiger partial charge in [0.25, 0.3) is 0 Å². The van der Waals surface area contributed by atoms with Gasteiger partial charge in [0.05, 0.1) is 5.69 Å². The van der Waals surface area contributed by atoms with Crippen molar-refractivity contribution in [3.63, 3.8) is 0 Å². The lowest BCUT2D eigenvalue weighted by molar-refractivity contribution is -0.254. The van der Waals surface area contributed by atoms with Gasteiger partial charge < -0.3 is 5.11 Å². The number of aliphatic hydroxyl groups is 1. The molecule has 2 aliphatic rings. The van der Waals surface area contributed by atoms with Gasteiger partial charge in [-0.1, -0.05) is 19.3 Å². The van der Waals surface area contributed by atoms with Crippen LogP contribution in [0.15, 0.2) is 6.20 Å². The first kappa shape index (κ1) is 16.8. The van der Waals surface area contributed by atoms with E-state index in [1.165, 1.54) is 19.3 Å². The first-order valence-electron chi connectivity index (χ1n) is 8.32. The van der Waals surface area contributed by atoms with Crippen LogP contribution in [0.3, 0.4) is 0 Å². The lowest BCUT2D eigenvalue weighted by Crippen LogP contribution is -2.47. The van der Waals surface area contributed by atoms with Crippen molar-refractivity contribution in [1.82, 2.24) is 14.7 Å². The van der Waals surface area contributed by atoms with Crippen LogP contribution in [-0.4, -0.2) is 44.7 Å². The predicted molar refractivity (Wildman–Crippen MR) is 79.9 cm³/mol. The van der Waals surface area contributed by atoms with Crippen molar-refractivity contribution in [2.45, 2.75) is 62.8 Å². The molecule has 1 saturated carbocycles. The number of rotatable bonds is 3. The molecule has 2 heterocycles. The molecule has 0 spiro atoms. The monoisotopic (exact) mass is 331 g/mol. The molecule has 0 aromatic carbocycles. The third-order valence-corrected chi connectivity index (χ3v) is 5.18. The molecule has 130 valence electrons. The van der Waals surface area contributed by atoms with Crippen LogP contribution >= 0.6 is 0 Å². The average Bonchev–Trinajstić information content (AvgIpc) is 3.04. The topological polar surface area (TPSA) is 41.3 Å². The predicted octanol–water partition coefficient (Wildman–Crippen LogP) is 2.97. The maximum atomic E-state index is 12.9. The number of aromatic nitrogens is 2. The van der Waals surface area contributed by atoms with Gasteiger partial charge in [-0.25, -0.2) is 0 Å². The van der Waals surface area contributed by atoms with E-state index >= 15 is 0 Å². The quantitative estimate of drug-likeness (QED) is 0.926. The highest BCUT2D eigenvalue weighted by atomic mass is 19.4. The number of hydrogen-bond acceptors (Lipinski definition) is 3. The summed E-state index contributed by atoms with van der Waals surface area (Å²) in [4.78, 5) is 1.69. The van der Waals surface area contributed by atoms with Crippen LogP contribution in [0.25, 0.3) is 0 Å². The SMILES string of the molecule is Cn1cc(CN2CC[C@@](O)(C(F)(F)F)C2)c(C2CCCCC2)n1. The minimum Gasteiger partial charge on any atom is -0.379 e. The van der Waals surface area contributed by atoms with Crippen molar-refractivity contribution in [3.8, 4) is 0 Å². The molecule has 0 radical (unpaired) electrons. The summed E-state index contributed by atoms with van der Waals surface area (Å²) >= 11 is 0. The highest BCUT2D eigenvalue weighted by Gasteiger charge is 2.56. The van der Waals surface area contributed by atoms with Crippen molar-refractivity contribution >= 4 is 0 Å². The van der Waals surface area contributed by atoms with Gasteiger partial charge in [0.15, 0.2) is 5.60 Å². The van der Waals surface area contributed by atoms with Crippen LogP contribution in [0.2, 0.25) is 0 Å². The second-order valence-corrected chi connectivity index (χ2v) is 7.04. The van der Waals surface area contributed by atoms with Gasteiger partial charge in [-0.2, -0.15) is 18.3 Å². The molecule has 1 saturated heterocycles. The number of β-amino-alcohol motifs (C(OH)–C–C–N with tert-alkyl or cyclic N) is 1. The fourth-order valence-electron chi connectivity index (χ4n) is 3.87. The summed E-state index contributed by atoms with van der Waals surface area (Å²) in [5, 5.41) is 14.4. The minimum absolute atomic E-state index is 0.254. The third-order valence-electron chi connectivity index (χ3n) is 5.18. The molecule has 1 aliphatic heterocycles. The molecule has 23 heavy (non-hydrogen) atoms. The number of halogens is 3. The fourth-order valence-corrected chi connectivity index (χ4v) is 3.87. The van der Waals surface area contributed by atoms with Crippen molar-refractivity contribution < 1.29 is 18.3 Å². The summed E-state index contributed by atoms with van der Waals surface area (Å²) in [6.07, 6.45) is 2.94. The number of likely N-dealkylation sites (tertiary alicyclic amines) is 1. The van der Waals surface area contributed by atoms with Crippen LogP contribution < -0.4 is 0 Å². The standard InChI is InChI=1S/C16H24F3N3O/c1-21-9-13(14(20-21)12-5-3-2-4-6-12)10-22-8-7-15(23,11-22)16(17,18)19/h9,12,23H,2-8,10-11H2,1H3/t15-/m0/s1. The van der Waals surface area contributed by atoms with E-state index in [2.05, 4.69) is 5.10 Å². The lowest BCUT2D eigenvalue weighted by Gasteiger charge is -2.26.